The molecule has 0 spiro atoms. The molecule has 0 aromatic heterocycles. The van der Waals surface area contributed by atoms with Crippen molar-refractivity contribution < 1.29 is 18.4 Å². The molecule has 186 valence electrons. The van der Waals surface area contributed by atoms with Crippen molar-refractivity contribution in [3.63, 3.8) is 0 Å². The highest BCUT2D eigenvalue weighted by molar-refractivity contribution is 9.10. The minimum absolute atomic E-state index is 0.0855. The average Bonchev–Trinajstić information content (AvgIpc) is 2.90. The van der Waals surface area contributed by atoms with Gasteiger partial charge in [0, 0.05) is 31.0 Å². The largest absolute Gasteiger partial charge is 0.289 e. The predicted molar refractivity (Wildman–Crippen MR) is 151 cm³/mol. The summed E-state index contributed by atoms with van der Waals surface area (Å²) in [6.45, 7) is 0. The second-order valence-corrected chi connectivity index (χ2v) is 10.0. The molecule has 0 bridgehead atoms. The Morgan fingerprint density at radius 1 is 0.611 bits per heavy atom. The third-order valence-corrected chi connectivity index (χ3v) is 6.81. The first-order chi connectivity index (χ1) is 17.2. The summed E-state index contributed by atoms with van der Waals surface area (Å²) in [6.07, 6.45) is 4.06. The molecule has 0 saturated carbocycles. The predicted octanol–water partition coefficient (Wildman–Crippen LogP) is 9.15. The number of carbonyl (C=O) groups excluding carboxylic acids is 2. The highest BCUT2D eigenvalue weighted by Crippen LogP contribution is 2.18. The van der Waals surface area contributed by atoms with Crippen LogP contribution in [0.2, 0.25) is 0 Å². The van der Waals surface area contributed by atoms with Crippen molar-refractivity contribution in [2.24, 2.45) is 0 Å². The van der Waals surface area contributed by atoms with Crippen LogP contribution in [0.15, 0.2) is 111 Å². The van der Waals surface area contributed by atoms with E-state index in [1.54, 1.807) is 35.7 Å². The smallest absolute Gasteiger partial charge is 0.252 e. The van der Waals surface area contributed by atoms with E-state index in [1.807, 2.05) is 30.5 Å². The van der Waals surface area contributed by atoms with Gasteiger partial charge in [0.05, 0.1) is 0 Å². The molecule has 4 aromatic carbocycles. The van der Waals surface area contributed by atoms with Crippen molar-refractivity contribution >= 4 is 62.1 Å². The summed E-state index contributed by atoms with van der Waals surface area (Å²) in [6, 6.07) is 26.3. The number of hydrogen-bond donors (Lipinski definition) is 0. The second kappa shape index (κ2) is 15.6. The zero-order valence-corrected chi connectivity index (χ0v) is 23.4. The minimum Gasteiger partial charge on any atom is -0.289 e. The van der Waals surface area contributed by atoms with E-state index in [1.165, 1.54) is 53.4 Å². The lowest BCUT2D eigenvalue weighted by Gasteiger charge is -2.02. The van der Waals surface area contributed by atoms with E-state index >= 15 is 0 Å². The van der Waals surface area contributed by atoms with Crippen molar-refractivity contribution in [3.05, 3.63) is 130 Å². The molecule has 0 aliphatic carbocycles. The molecule has 2 nitrogen and oxygen atoms in total. The van der Waals surface area contributed by atoms with Gasteiger partial charge in [0.15, 0.2) is 5.78 Å². The fourth-order valence-corrected chi connectivity index (χ4v) is 3.87. The van der Waals surface area contributed by atoms with E-state index < -0.39 is 5.24 Å². The van der Waals surface area contributed by atoms with E-state index in [0.29, 0.717) is 16.7 Å². The van der Waals surface area contributed by atoms with Crippen LogP contribution in [0.4, 0.5) is 8.78 Å². The first-order valence-corrected chi connectivity index (χ1v) is 14.0. The zero-order valence-electron chi connectivity index (χ0n) is 19.4. The molecule has 4 rings (SSSR count). The molecule has 0 saturated heterocycles. The number of rotatable bonds is 5. The average molecular weight is 608 g/mol. The van der Waals surface area contributed by atoms with Crippen LogP contribution in [0.25, 0.3) is 0 Å². The first-order valence-electron chi connectivity index (χ1n) is 10.4. The monoisotopic (exact) mass is 606 g/mol. The van der Waals surface area contributed by atoms with Gasteiger partial charge in [-0.15, -0.1) is 23.5 Å². The maximum absolute atomic E-state index is 12.7. The number of benzene rings is 4. The van der Waals surface area contributed by atoms with Crippen LogP contribution in [-0.4, -0.2) is 23.5 Å². The Bertz CT molecular complexity index is 1250. The van der Waals surface area contributed by atoms with E-state index in [9.17, 15) is 18.4 Å². The zero-order chi connectivity index (χ0) is 26.5. The summed E-state index contributed by atoms with van der Waals surface area (Å²) in [5.41, 5.74) is 1.43. The third-order valence-electron chi connectivity index (χ3n) is 4.58. The van der Waals surface area contributed by atoms with Gasteiger partial charge in [-0.3, -0.25) is 9.59 Å². The fraction of sp³-hybridized carbons (Fsp3) is 0.0714. The first kappa shape index (κ1) is 29.8. The number of carbonyl (C=O) groups is 2. The van der Waals surface area contributed by atoms with Crippen molar-refractivity contribution in [2.45, 2.75) is 9.79 Å². The van der Waals surface area contributed by atoms with E-state index in [-0.39, 0.29) is 17.4 Å². The van der Waals surface area contributed by atoms with Crippen molar-refractivity contribution in [1.82, 2.24) is 0 Å². The van der Waals surface area contributed by atoms with Crippen LogP contribution < -0.4 is 0 Å². The van der Waals surface area contributed by atoms with E-state index in [4.69, 9.17) is 11.6 Å². The van der Waals surface area contributed by atoms with Gasteiger partial charge in [-0.25, -0.2) is 8.78 Å². The molecule has 0 radical (unpaired) electrons. The highest BCUT2D eigenvalue weighted by atomic mass is 79.9. The van der Waals surface area contributed by atoms with Crippen LogP contribution >= 0.6 is 51.1 Å². The lowest BCUT2D eigenvalue weighted by atomic mass is 10.0. The molecule has 0 aliphatic rings. The molecule has 0 unspecified atom stereocenters. The second-order valence-electron chi connectivity index (χ2n) is 7.00. The van der Waals surface area contributed by atoms with Gasteiger partial charge in [-0.2, -0.15) is 0 Å². The third kappa shape index (κ3) is 10.3. The molecule has 0 N–H and O–H groups in total. The van der Waals surface area contributed by atoms with Gasteiger partial charge in [-0.05, 0) is 121 Å². The molecular weight excluding hydrogens is 586 g/mol. The van der Waals surface area contributed by atoms with Crippen LogP contribution in [0.3, 0.4) is 0 Å². The Kier molecular flexibility index (Phi) is 12.9. The lowest BCUT2D eigenvalue weighted by molar-refractivity contribution is 0.103. The molecule has 0 fully saturated rings. The normalized spacial score (nSPS) is 9.83. The van der Waals surface area contributed by atoms with Crippen LogP contribution in [0.1, 0.15) is 26.3 Å². The molecule has 0 amide bonds. The Hall–Kier alpha value is -2.45. The molecule has 8 heteroatoms. The van der Waals surface area contributed by atoms with E-state index in [2.05, 4.69) is 34.3 Å². The fourth-order valence-electron chi connectivity index (χ4n) is 2.66. The number of ketones is 1. The molecule has 0 atom stereocenters. The molecule has 36 heavy (non-hydrogen) atoms. The topological polar surface area (TPSA) is 34.1 Å². The standard InChI is InChI=1S/C14H11FOS.C7H7BrS.C7H4ClFO/c1-17-13-8-4-11(5-9-13)14(16)10-2-6-12(15)7-3-10;1-9-7-4-2-6(8)3-5-7;8-7(10)5-1-3-6(9)4-2-5/h2-9H,1H3;2-5H,1H3;1-4H. The summed E-state index contributed by atoms with van der Waals surface area (Å²) >= 11 is 11.8. The highest BCUT2D eigenvalue weighted by Gasteiger charge is 2.08. The summed E-state index contributed by atoms with van der Waals surface area (Å²) in [5.74, 6) is -0.793. The Morgan fingerprint density at radius 2 is 0.944 bits per heavy atom. The Labute approximate surface area is 231 Å². The van der Waals surface area contributed by atoms with Gasteiger partial charge >= 0.3 is 0 Å². The maximum Gasteiger partial charge on any atom is 0.252 e. The van der Waals surface area contributed by atoms with Gasteiger partial charge in [0.1, 0.15) is 11.6 Å². The van der Waals surface area contributed by atoms with Gasteiger partial charge in [-0.1, -0.05) is 15.9 Å². The van der Waals surface area contributed by atoms with Gasteiger partial charge < -0.3 is 0 Å². The molecular formula is C28H22BrClF2O2S2. The SMILES string of the molecule is CSc1ccc(Br)cc1.CSc1ccc(C(=O)c2ccc(F)cc2)cc1.O=C(Cl)c1ccc(F)cc1. The molecule has 0 aliphatic heterocycles. The van der Waals surface area contributed by atoms with Crippen LogP contribution in [-0.2, 0) is 0 Å². The van der Waals surface area contributed by atoms with Crippen LogP contribution in [0, 0.1) is 11.6 Å². The number of thioether (sulfide) groups is 2. The lowest BCUT2D eigenvalue weighted by Crippen LogP contribution is -2.00. The molecule has 4 aromatic rings. The summed E-state index contributed by atoms with van der Waals surface area (Å²) < 4.78 is 26.1. The minimum atomic E-state index is -0.569. The van der Waals surface area contributed by atoms with Crippen molar-refractivity contribution in [1.29, 1.82) is 0 Å². The van der Waals surface area contributed by atoms with Gasteiger partial charge in [0.25, 0.3) is 5.24 Å². The van der Waals surface area contributed by atoms with Crippen LogP contribution in [0.5, 0.6) is 0 Å². The van der Waals surface area contributed by atoms with Gasteiger partial charge in [0.2, 0.25) is 0 Å². The molecule has 0 heterocycles. The summed E-state index contributed by atoms with van der Waals surface area (Å²) in [5, 5.41) is -0.569. The Balaban J connectivity index is 0.000000205. The number of hydrogen-bond acceptors (Lipinski definition) is 4. The van der Waals surface area contributed by atoms with Crippen molar-refractivity contribution in [2.75, 3.05) is 12.5 Å². The van der Waals surface area contributed by atoms with Crippen molar-refractivity contribution in [3.8, 4) is 0 Å². The Morgan fingerprint density at radius 3 is 1.31 bits per heavy atom. The number of halogens is 4. The summed E-state index contributed by atoms with van der Waals surface area (Å²) in [4.78, 5) is 24.8. The quantitative estimate of drug-likeness (QED) is 0.129. The van der Waals surface area contributed by atoms with E-state index in [0.717, 1.165) is 9.37 Å². The summed E-state index contributed by atoms with van der Waals surface area (Å²) in [7, 11) is 0. The maximum atomic E-state index is 12.7.